The standard InChI is InChI=1S/C12H17N5/c1-3-17-10-11(9-15-17)8-13-6-4-12-5-7-14-16(12)2/h3,5,7,9-10,13H,1,4,6,8H2,2H3. The molecule has 0 bridgehead atoms. The van der Waals surface area contributed by atoms with Crippen LogP contribution in [-0.2, 0) is 20.0 Å². The molecule has 2 rings (SSSR count). The minimum absolute atomic E-state index is 0.825. The molecule has 0 amide bonds. The Labute approximate surface area is 101 Å². The third-order valence-corrected chi connectivity index (χ3v) is 2.65. The average Bonchev–Trinajstić information content (AvgIpc) is 2.94. The van der Waals surface area contributed by atoms with Crippen LogP contribution in [0.25, 0.3) is 6.20 Å². The maximum absolute atomic E-state index is 4.13. The molecule has 0 spiro atoms. The molecule has 2 heterocycles. The van der Waals surface area contributed by atoms with Gasteiger partial charge in [-0.1, -0.05) is 6.58 Å². The molecule has 2 aromatic rings. The number of nitrogens with zero attached hydrogens (tertiary/aromatic N) is 4. The zero-order valence-electron chi connectivity index (χ0n) is 10.0. The summed E-state index contributed by atoms with van der Waals surface area (Å²) in [6.45, 7) is 5.41. The van der Waals surface area contributed by atoms with Crippen molar-refractivity contribution in [2.24, 2.45) is 7.05 Å². The number of nitrogens with one attached hydrogen (secondary N) is 1. The van der Waals surface area contributed by atoms with Crippen LogP contribution in [0.4, 0.5) is 0 Å². The van der Waals surface area contributed by atoms with E-state index in [1.807, 2.05) is 36.4 Å². The molecule has 2 aromatic heterocycles. The summed E-state index contributed by atoms with van der Waals surface area (Å²) in [5.41, 5.74) is 2.40. The number of hydrogen-bond donors (Lipinski definition) is 1. The maximum Gasteiger partial charge on any atom is 0.0538 e. The van der Waals surface area contributed by atoms with E-state index in [4.69, 9.17) is 0 Å². The third-order valence-electron chi connectivity index (χ3n) is 2.65. The molecule has 0 aliphatic rings. The van der Waals surface area contributed by atoms with Crippen LogP contribution >= 0.6 is 0 Å². The first-order valence-corrected chi connectivity index (χ1v) is 5.63. The molecule has 0 aliphatic carbocycles. The summed E-state index contributed by atoms with van der Waals surface area (Å²) >= 11 is 0. The van der Waals surface area contributed by atoms with E-state index in [-0.39, 0.29) is 0 Å². The average molecular weight is 231 g/mol. The van der Waals surface area contributed by atoms with Gasteiger partial charge in [0.25, 0.3) is 0 Å². The second-order valence-electron chi connectivity index (χ2n) is 3.88. The van der Waals surface area contributed by atoms with E-state index < -0.39 is 0 Å². The molecule has 17 heavy (non-hydrogen) atoms. The van der Waals surface area contributed by atoms with E-state index >= 15 is 0 Å². The van der Waals surface area contributed by atoms with Crippen molar-refractivity contribution in [3.8, 4) is 0 Å². The minimum atomic E-state index is 0.825. The number of aryl methyl sites for hydroxylation is 1. The molecule has 0 fully saturated rings. The highest BCUT2D eigenvalue weighted by atomic mass is 15.3. The first-order valence-electron chi connectivity index (χ1n) is 5.63. The van der Waals surface area contributed by atoms with Gasteiger partial charge < -0.3 is 5.32 Å². The lowest BCUT2D eigenvalue weighted by Crippen LogP contribution is -2.17. The summed E-state index contributed by atoms with van der Waals surface area (Å²) < 4.78 is 3.61. The SMILES string of the molecule is C=Cn1cc(CNCCc2ccnn2C)cn1. The molecule has 0 atom stereocenters. The van der Waals surface area contributed by atoms with Crippen molar-refractivity contribution in [1.29, 1.82) is 0 Å². The third kappa shape index (κ3) is 3.04. The number of rotatable bonds is 6. The van der Waals surface area contributed by atoms with Crippen LogP contribution in [-0.4, -0.2) is 26.1 Å². The molecule has 0 saturated heterocycles. The highest BCUT2D eigenvalue weighted by Crippen LogP contribution is 1.99. The van der Waals surface area contributed by atoms with Crippen LogP contribution in [0.1, 0.15) is 11.3 Å². The Bertz CT molecular complexity index is 483. The summed E-state index contributed by atoms with van der Waals surface area (Å²) in [6, 6.07) is 2.04. The second kappa shape index (κ2) is 5.45. The Hall–Kier alpha value is -1.88. The van der Waals surface area contributed by atoms with E-state index in [0.29, 0.717) is 0 Å². The smallest absolute Gasteiger partial charge is 0.0538 e. The number of hydrogen-bond acceptors (Lipinski definition) is 3. The summed E-state index contributed by atoms with van der Waals surface area (Å²) in [5.74, 6) is 0. The fraction of sp³-hybridized carbons (Fsp3) is 0.333. The van der Waals surface area contributed by atoms with Crippen molar-refractivity contribution in [3.63, 3.8) is 0 Å². The normalized spacial score (nSPS) is 10.6. The van der Waals surface area contributed by atoms with Crippen molar-refractivity contribution in [3.05, 3.63) is 42.5 Å². The number of aromatic nitrogens is 4. The fourth-order valence-corrected chi connectivity index (χ4v) is 1.66. The largest absolute Gasteiger partial charge is 0.312 e. The van der Waals surface area contributed by atoms with E-state index in [2.05, 4.69) is 22.1 Å². The molecule has 5 nitrogen and oxygen atoms in total. The molecule has 0 aromatic carbocycles. The molecule has 0 saturated carbocycles. The molecule has 0 radical (unpaired) electrons. The second-order valence-corrected chi connectivity index (χ2v) is 3.88. The molecule has 0 aliphatic heterocycles. The topological polar surface area (TPSA) is 47.7 Å². The van der Waals surface area contributed by atoms with E-state index in [1.54, 1.807) is 10.9 Å². The predicted octanol–water partition coefficient (Wildman–Crippen LogP) is 1.05. The first kappa shape index (κ1) is 11.6. The van der Waals surface area contributed by atoms with E-state index in [1.165, 1.54) is 5.69 Å². The summed E-state index contributed by atoms with van der Waals surface area (Å²) in [4.78, 5) is 0. The Balaban J connectivity index is 1.73. The van der Waals surface area contributed by atoms with Gasteiger partial charge in [0.1, 0.15) is 0 Å². The van der Waals surface area contributed by atoms with Crippen molar-refractivity contribution in [2.75, 3.05) is 6.54 Å². The zero-order valence-corrected chi connectivity index (χ0v) is 10.0. The Kier molecular flexibility index (Phi) is 3.72. The Morgan fingerprint density at radius 1 is 1.47 bits per heavy atom. The minimum Gasteiger partial charge on any atom is -0.312 e. The van der Waals surface area contributed by atoms with Crippen LogP contribution in [0, 0.1) is 0 Å². The van der Waals surface area contributed by atoms with Gasteiger partial charge in [-0.2, -0.15) is 10.2 Å². The van der Waals surface area contributed by atoms with Crippen LogP contribution in [0.5, 0.6) is 0 Å². The highest BCUT2D eigenvalue weighted by molar-refractivity contribution is 5.17. The zero-order chi connectivity index (χ0) is 12.1. The summed E-state index contributed by atoms with van der Waals surface area (Å²) in [6.07, 6.45) is 8.29. The molecule has 1 N–H and O–H groups in total. The van der Waals surface area contributed by atoms with Gasteiger partial charge in [-0.25, -0.2) is 4.68 Å². The molecule has 0 unspecified atom stereocenters. The van der Waals surface area contributed by atoms with Gasteiger partial charge in [-0.3, -0.25) is 4.68 Å². The Morgan fingerprint density at radius 3 is 3.00 bits per heavy atom. The van der Waals surface area contributed by atoms with Gasteiger partial charge >= 0.3 is 0 Å². The predicted molar refractivity (Wildman–Crippen MR) is 67.2 cm³/mol. The quantitative estimate of drug-likeness (QED) is 0.756. The van der Waals surface area contributed by atoms with Gasteiger partial charge in [0.2, 0.25) is 0 Å². The first-order chi connectivity index (χ1) is 8.29. The van der Waals surface area contributed by atoms with Gasteiger partial charge in [0, 0.05) is 56.4 Å². The monoisotopic (exact) mass is 231 g/mol. The lowest BCUT2D eigenvalue weighted by molar-refractivity contribution is 0.643. The molecular weight excluding hydrogens is 214 g/mol. The summed E-state index contributed by atoms with van der Waals surface area (Å²) in [7, 11) is 1.96. The maximum atomic E-state index is 4.13. The molecule has 5 heteroatoms. The van der Waals surface area contributed by atoms with Crippen molar-refractivity contribution < 1.29 is 0 Å². The van der Waals surface area contributed by atoms with Crippen molar-refractivity contribution >= 4 is 6.20 Å². The van der Waals surface area contributed by atoms with E-state index in [0.717, 1.165) is 25.1 Å². The molecular formula is C12H17N5. The molecule has 90 valence electrons. The fourth-order valence-electron chi connectivity index (χ4n) is 1.66. The van der Waals surface area contributed by atoms with Crippen molar-refractivity contribution in [1.82, 2.24) is 24.9 Å². The van der Waals surface area contributed by atoms with Crippen molar-refractivity contribution in [2.45, 2.75) is 13.0 Å². The van der Waals surface area contributed by atoms with Gasteiger partial charge in [0.05, 0.1) is 6.20 Å². The lowest BCUT2D eigenvalue weighted by atomic mass is 10.3. The van der Waals surface area contributed by atoms with Gasteiger partial charge in [0.15, 0.2) is 0 Å². The van der Waals surface area contributed by atoms with Crippen LogP contribution in [0.15, 0.2) is 31.2 Å². The Morgan fingerprint density at radius 2 is 2.35 bits per heavy atom. The lowest BCUT2D eigenvalue weighted by Gasteiger charge is -2.03. The van der Waals surface area contributed by atoms with Gasteiger partial charge in [-0.15, -0.1) is 0 Å². The summed E-state index contributed by atoms with van der Waals surface area (Å²) in [5, 5.41) is 11.6. The van der Waals surface area contributed by atoms with E-state index in [9.17, 15) is 0 Å². The van der Waals surface area contributed by atoms with Crippen LogP contribution in [0.3, 0.4) is 0 Å². The van der Waals surface area contributed by atoms with Crippen LogP contribution in [0.2, 0.25) is 0 Å². The highest BCUT2D eigenvalue weighted by Gasteiger charge is 1.99. The van der Waals surface area contributed by atoms with Gasteiger partial charge in [-0.05, 0) is 6.07 Å². The van der Waals surface area contributed by atoms with Crippen LogP contribution < -0.4 is 5.32 Å².